The van der Waals surface area contributed by atoms with Crippen LogP contribution in [0, 0.1) is 5.92 Å². The molecular weight excluding hydrogens is 158 g/mol. The van der Waals surface area contributed by atoms with Gasteiger partial charge in [0.2, 0.25) is 0 Å². The van der Waals surface area contributed by atoms with Gasteiger partial charge in [-0.15, -0.1) is 6.58 Å². The Morgan fingerprint density at radius 1 is 1.64 bits per heavy atom. The Morgan fingerprint density at radius 3 is 2.36 bits per heavy atom. The van der Waals surface area contributed by atoms with E-state index in [0.29, 0.717) is 11.7 Å². The van der Waals surface area contributed by atoms with Gasteiger partial charge in [0, 0.05) is 5.75 Å². The van der Waals surface area contributed by atoms with Crippen LogP contribution < -0.4 is 5.14 Å². The second-order valence-corrected chi connectivity index (χ2v) is 3.26. The van der Waals surface area contributed by atoms with Crippen LogP contribution in [-0.2, 0) is 11.0 Å². The van der Waals surface area contributed by atoms with Crippen molar-refractivity contribution in [1.29, 1.82) is 0 Å². The van der Waals surface area contributed by atoms with Crippen molar-refractivity contribution in [1.82, 2.24) is 0 Å². The third kappa shape index (κ3) is 12.9. The predicted octanol–water partition coefficient (Wildman–Crippen LogP) is 1.85. The molecule has 0 aliphatic carbocycles. The topological polar surface area (TPSA) is 43.1 Å². The van der Waals surface area contributed by atoms with Gasteiger partial charge in [-0.3, -0.25) is 5.14 Å². The number of nitrogens with two attached hydrogens (primary N) is 1. The average molecular weight is 177 g/mol. The first kappa shape index (κ1) is 13.4. The molecule has 0 spiro atoms. The van der Waals surface area contributed by atoms with Crippen LogP contribution in [0.4, 0.5) is 0 Å². The molecule has 0 radical (unpaired) electrons. The van der Waals surface area contributed by atoms with Gasteiger partial charge in [0.1, 0.15) is 0 Å². The highest BCUT2D eigenvalue weighted by Crippen LogP contribution is 2.01. The molecule has 0 aliphatic rings. The smallest absolute Gasteiger partial charge is 0.0888 e. The summed E-state index contributed by atoms with van der Waals surface area (Å²) in [4.78, 5) is 0. The molecule has 0 fully saturated rings. The standard InChI is InChI=1S/C6H13NOS.C2H6/c1-3-6(2)4-5-9(7)8;1-2/h3,6H,1,4-5,7H2,2H3;1-2H3. The van der Waals surface area contributed by atoms with Crippen LogP contribution >= 0.6 is 0 Å². The van der Waals surface area contributed by atoms with Crippen molar-refractivity contribution >= 4 is 11.0 Å². The molecule has 0 saturated carbocycles. The van der Waals surface area contributed by atoms with Gasteiger partial charge in [-0.05, 0) is 12.3 Å². The highest BCUT2D eigenvalue weighted by Gasteiger charge is 1.96. The van der Waals surface area contributed by atoms with E-state index in [1.807, 2.05) is 26.8 Å². The van der Waals surface area contributed by atoms with E-state index in [1.165, 1.54) is 0 Å². The molecule has 0 aliphatic heterocycles. The van der Waals surface area contributed by atoms with Gasteiger partial charge in [0.05, 0.1) is 11.0 Å². The monoisotopic (exact) mass is 177 g/mol. The van der Waals surface area contributed by atoms with Gasteiger partial charge >= 0.3 is 0 Å². The summed E-state index contributed by atoms with van der Waals surface area (Å²) in [6.45, 7) is 9.63. The second-order valence-electron chi connectivity index (χ2n) is 2.09. The third-order valence-corrected chi connectivity index (χ3v) is 1.81. The summed E-state index contributed by atoms with van der Waals surface area (Å²) in [6, 6.07) is 0. The molecule has 0 aromatic rings. The summed E-state index contributed by atoms with van der Waals surface area (Å²) in [7, 11) is -1.14. The van der Waals surface area contributed by atoms with Crippen LogP contribution in [0.5, 0.6) is 0 Å². The van der Waals surface area contributed by atoms with Crippen LogP contribution in [0.2, 0.25) is 0 Å². The fourth-order valence-electron chi connectivity index (χ4n) is 0.420. The summed E-state index contributed by atoms with van der Waals surface area (Å²) in [5, 5.41) is 5.03. The normalized spacial score (nSPS) is 14.2. The molecule has 0 saturated heterocycles. The number of allylic oxidation sites excluding steroid dienone is 1. The van der Waals surface area contributed by atoms with Gasteiger partial charge in [0.15, 0.2) is 0 Å². The largest absolute Gasteiger partial charge is 0.252 e. The van der Waals surface area contributed by atoms with Gasteiger partial charge in [-0.2, -0.15) is 0 Å². The highest BCUT2D eigenvalue weighted by atomic mass is 32.2. The van der Waals surface area contributed by atoms with Crippen LogP contribution in [0.15, 0.2) is 12.7 Å². The van der Waals surface area contributed by atoms with E-state index in [9.17, 15) is 4.21 Å². The molecule has 2 N–H and O–H groups in total. The van der Waals surface area contributed by atoms with Crippen LogP contribution in [-0.4, -0.2) is 9.96 Å². The summed E-state index contributed by atoms with van der Waals surface area (Å²) in [5.74, 6) is 1.00. The van der Waals surface area contributed by atoms with E-state index in [2.05, 4.69) is 6.58 Å². The molecule has 0 aromatic carbocycles. The Labute approximate surface area is 72.5 Å². The van der Waals surface area contributed by atoms with Gasteiger partial charge in [0.25, 0.3) is 0 Å². The Bertz CT molecular complexity index is 115. The summed E-state index contributed by atoms with van der Waals surface area (Å²) in [6.07, 6.45) is 2.71. The Kier molecular flexibility index (Phi) is 12.0. The highest BCUT2D eigenvalue weighted by molar-refractivity contribution is 7.82. The lowest BCUT2D eigenvalue weighted by molar-refractivity contribution is 0.664. The molecule has 0 amide bonds. The van der Waals surface area contributed by atoms with Gasteiger partial charge in [-0.25, -0.2) is 4.21 Å². The molecule has 68 valence electrons. The van der Waals surface area contributed by atoms with E-state index in [-0.39, 0.29) is 0 Å². The lowest BCUT2D eigenvalue weighted by Crippen LogP contribution is -2.09. The van der Waals surface area contributed by atoms with Crippen molar-refractivity contribution in [3.8, 4) is 0 Å². The maximum absolute atomic E-state index is 10.3. The molecule has 2 atom stereocenters. The van der Waals surface area contributed by atoms with E-state index in [0.717, 1.165) is 6.42 Å². The predicted molar refractivity (Wildman–Crippen MR) is 52.5 cm³/mol. The minimum absolute atomic E-state index is 0.428. The van der Waals surface area contributed by atoms with E-state index < -0.39 is 11.0 Å². The molecule has 0 bridgehead atoms. The van der Waals surface area contributed by atoms with Gasteiger partial charge in [-0.1, -0.05) is 26.8 Å². The third-order valence-electron chi connectivity index (χ3n) is 1.18. The fourth-order valence-corrected chi connectivity index (χ4v) is 1.02. The molecule has 2 unspecified atom stereocenters. The first-order valence-corrected chi connectivity index (χ1v) is 5.30. The Hall–Kier alpha value is -0.150. The van der Waals surface area contributed by atoms with Crippen molar-refractivity contribution in [2.24, 2.45) is 11.1 Å². The zero-order valence-electron chi connectivity index (χ0n) is 7.67. The summed E-state index contributed by atoms with van der Waals surface area (Å²) in [5.41, 5.74) is 0. The lowest BCUT2D eigenvalue weighted by atomic mass is 10.1. The maximum atomic E-state index is 10.3. The van der Waals surface area contributed by atoms with Gasteiger partial charge < -0.3 is 0 Å². The Morgan fingerprint density at radius 2 is 2.09 bits per heavy atom. The fraction of sp³-hybridized carbons (Fsp3) is 0.750. The molecular formula is C8H19NOS. The van der Waals surface area contributed by atoms with Crippen LogP contribution in [0.25, 0.3) is 0 Å². The minimum Gasteiger partial charge on any atom is -0.252 e. The lowest BCUT2D eigenvalue weighted by Gasteiger charge is -2.00. The minimum atomic E-state index is -1.14. The van der Waals surface area contributed by atoms with Crippen LogP contribution in [0.1, 0.15) is 27.2 Å². The average Bonchev–Trinajstić information content (AvgIpc) is 2.04. The molecule has 11 heavy (non-hydrogen) atoms. The quantitative estimate of drug-likeness (QED) is 0.654. The summed E-state index contributed by atoms with van der Waals surface area (Å²) < 4.78 is 10.3. The molecule has 2 nitrogen and oxygen atoms in total. The first-order chi connectivity index (χ1) is 5.16. The second kappa shape index (κ2) is 9.85. The SMILES string of the molecule is C=CC(C)CCS(N)=O.CC. The van der Waals surface area contributed by atoms with E-state index >= 15 is 0 Å². The zero-order chi connectivity index (χ0) is 9.28. The molecule has 0 heterocycles. The van der Waals surface area contributed by atoms with Crippen molar-refractivity contribution in [2.75, 3.05) is 5.75 Å². The van der Waals surface area contributed by atoms with Crippen molar-refractivity contribution < 1.29 is 4.21 Å². The number of rotatable bonds is 4. The first-order valence-electron chi connectivity index (χ1n) is 3.92. The van der Waals surface area contributed by atoms with E-state index in [1.54, 1.807) is 0 Å². The van der Waals surface area contributed by atoms with Crippen LogP contribution in [0.3, 0.4) is 0 Å². The molecule has 0 rings (SSSR count). The molecule has 0 aromatic heterocycles. The Balaban J connectivity index is 0. The number of hydrogen-bond acceptors (Lipinski definition) is 1. The maximum Gasteiger partial charge on any atom is 0.0888 e. The van der Waals surface area contributed by atoms with E-state index in [4.69, 9.17) is 5.14 Å². The van der Waals surface area contributed by atoms with Crippen molar-refractivity contribution in [3.63, 3.8) is 0 Å². The van der Waals surface area contributed by atoms with Crippen molar-refractivity contribution in [2.45, 2.75) is 27.2 Å². The van der Waals surface area contributed by atoms with Crippen molar-refractivity contribution in [3.05, 3.63) is 12.7 Å². The summed E-state index contributed by atoms with van der Waals surface area (Å²) >= 11 is 0. The zero-order valence-corrected chi connectivity index (χ0v) is 8.49. The number of hydrogen-bond donors (Lipinski definition) is 1. The molecule has 3 heteroatoms.